The van der Waals surface area contributed by atoms with Crippen LogP contribution in [0.15, 0.2) is 23.2 Å². The highest BCUT2D eigenvalue weighted by Gasteiger charge is 2.42. The molecule has 1 aromatic carbocycles. The van der Waals surface area contributed by atoms with Crippen LogP contribution in [0.1, 0.15) is 26.3 Å². The topological polar surface area (TPSA) is 53.5 Å². The largest absolute Gasteiger partial charge is 0.338 e. The molecule has 1 unspecified atom stereocenters. The van der Waals surface area contributed by atoms with Crippen molar-refractivity contribution in [1.82, 2.24) is 10.6 Å². The van der Waals surface area contributed by atoms with Gasteiger partial charge in [-0.1, -0.05) is 19.9 Å². The molecule has 2 N–H and O–H groups in total. The van der Waals surface area contributed by atoms with E-state index in [4.69, 9.17) is 0 Å². The molecule has 0 bridgehead atoms. The zero-order chi connectivity index (χ0) is 14.9. The summed E-state index contributed by atoms with van der Waals surface area (Å²) in [5.74, 6) is -1.55. The zero-order valence-corrected chi connectivity index (χ0v) is 11.6. The predicted molar refractivity (Wildman–Crippen MR) is 72.1 cm³/mol. The molecule has 1 aliphatic heterocycles. The van der Waals surface area contributed by atoms with E-state index >= 15 is 0 Å². The van der Waals surface area contributed by atoms with E-state index in [1.165, 1.54) is 6.07 Å². The van der Waals surface area contributed by atoms with Crippen LogP contribution in [0.5, 0.6) is 0 Å². The van der Waals surface area contributed by atoms with Gasteiger partial charge in [-0.25, -0.2) is 8.78 Å². The number of nitrogens with zero attached hydrogens (tertiary/aromatic N) is 1. The number of aliphatic imine (C=N–C) groups is 1. The van der Waals surface area contributed by atoms with E-state index in [2.05, 4.69) is 15.6 Å². The summed E-state index contributed by atoms with van der Waals surface area (Å²) in [6.45, 7) is 6.19. The molecule has 1 atom stereocenters. The van der Waals surface area contributed by atoms with Crippen LogP contribution in [0.3, 0.4) is 0 Å². The van der Waals surface area contributed by atoms with Crippen molar-refractivity contribution in [3.8, 4) is 0 Å². The van der Waals surface area contributed by atoms with E-state index in [1.807, 2.05) is 13.8 Å². The second-order valence-electron chi connectivity index (χ2n) is 5.42. The first kappa shape index (κ1) is 14.4. The molecule has 1 amide bonds. The molecule has 1 aromatic rings. The molecule has 6 heteroatoms. The summed E-state index contributed by atoms with van der Waals surface area (Å²) >= 11 is 0. The Balaban J connectivity index is 2.28. The maximum Gasteiger partial charge on any atom is 0.256 e. The molecule has 0 aliphatic carbocycles. The van der Waals surface area contributed by atoms with E-state index in [0.717, 1.165) is 12.1 Å². The van der Waals surface area contributed by atoms with Gasteiger partial charge in [0.05, 0.1) is 0 Å². The second-order valence-corrected chi connectivity index (χ2v) is 5.42. The van der Waals surface area contributed by atoms with Crippen LogP contribution in [0, 0.1) is 17.6 Å². The summed E-state index contributed by atoms with van der Waals surface area (Å²) in [6.07, 6.45) is 0. The minimum absolute atomic E-state index is 0.342. The molecular formula is C14H17F2N3O. The lowest BCUT2D eigenvalue weighted by atomic mass is 9.92. The molecule has 20 heavy (non-hydrogen) atoms. The molecule has 0 spiro atoms. The monoisotopic (exact) mass is 281 g/mol. The number of carbonyl (C=O) groups excluding carboxylic acids is 1. The van der Waals surface area contributed by atoms with Crippen LogP contribution >= 0.6 is 0 Å². The predicted octanol–water partition coefficient (Wildman–Crippen LogP) is 1.91. The van der Waals surface area contributed by atoms with Gasteiger partial charge in [0, 0.05) is 6.54 Å². The van der Waals surface area contributed by atoms with Crippen LogP contribution in [0.2, 0.25) is 0 Å². The van der Waals surface area contributed by atoms with Crippen molar-refractivity contribution in [2.75, 3.05) is 6.54 Å². The standard InChI is InChI=1S/C14H17F2N3O/c1-8(2)7-17-13-18-12(20)14(3,19-13)9-4-5-10(15)11(16)6-9/h4-6,8H,7H2,1-3H3,(H2,17,18,19,20). The van der Waals surface area contributed by atoms with Gasteiger partial charge in [0.2, 0.25) is 0 Å². The van der Waals surface area contributed by atoms with Gasteiger partial charge in [-0.2, -0.15) is 0 Å². The molecule has 1 heterocycles. The van der Waals surface area contributed by atoms with Gasteiger partial charge in [-0.15, -0.1) is 0 Å². The quantitative estimate of drug-likeness (QED) is 0.889. The van der Waals surface area contributed by atoms with Gasteiger partial charge in [-0.3, -0.25) is 15.1 Å². The molecule has 4 nitrogen and oxygen atoms in total. The SMILES string of the molecule is CC(C)CN=C1NC(=O)C(C)(c2ccc(F)c(F)c2)N1. The number of hydrogen-bond acceptors (Lipinski definition) is 2. The van der Waals surface area contributed by atoms with E-state index in [-0.39, 0.29) is 5.91 Å². The van der Waals surface area contributed by atoms with Crippen molar-refractivity contribution in [3.05, 3.63) is 35.4 Å². The Morgan fingerprint density at radius 2 is 2.00 bits per heavy atom. The van der Waals surface area contributed by atoms with Crippen molar-refractivity contribution in [1.29, 1.82) is 0 Å². The van der Waals surface area contributed by atoms with E-state index in [1.54, 1.807) is 6.92 Å². The van der Waals surface area contributed by atoms with Gasteiger partial charge < -0.3 is 5.32 Å². The number of amides is 1. The second kappa shape index (κ2) is 5.19. The van der Waals surface area contributed by atoms with Crippen molar-refractivity contribution in [2.45, 2.75) is 26.3 Å². The first-order chi connectivity index (χ1) is 9.33. The maximum absolute atomic E-state index is 13.3. The fourth-order valence-electron chi connectivity index (χ4n) is 1.92. The van der Waals surface area contributed by atoms with Crippen molar-refractivity contribution < 1.29 is 13.6 Å². The lowest BCUT2D eigenvalue weighted by Crippen LogP contribution is -2.40. The Morgan fingerprint density at radius 3 is 2.60 bits per heavy atom. The molecule has 2 rings (SSSR count). The molecule has 1 aliphatic rings. The average Bonchev–Trinajstić information content (AvgIpc) is 2.67. The molecule has 0 saturated carbocycles. The molecule has 108 valence electrons. The summed E-state index contributed by atoms with van der Waals surface area (Å²) in [5, 5.41) is 5.55. The van der Waals surface area contributed by atoms with Gasteiger partial charge in [0.15, 0.2) is 17.6 Å². The lowest BCUT2D eigenvalue weighted by molar-refractivity contribution is -0.123. The van der Waals surface area contributed by atoms with Crippen LogP contribution in [0.4, 0.5) is 8.78 Å². The normalized spacial score (nSPS) is 24.1. The number of benzene rings is 1. The van der Waals surface area contributed by atoms with Crippen LogP contribution in [0.25, 0.3) is 0 Å². The number of guanidine groups is 1. The Kier molecular flexibility index (Phi) is 3.74. The summed E-state index contributed by atoms with van der Waals surface area (Å²) < 4.78 is 26.3. The van der Waals surface area contributed by atoms with Gasteiger partial charge in [-0.05, 0) is 30.5 Å². The third kappa shape index (κ3) is 2.64. The van der Waals surface area contributed by atoms with E-state index in [9.17, 15) is 13.6 Å². The summed E-state index contributed by atoms with van der Waals surface area (Å²) in [7, 11) is 0. The highest BCUT2D eigenvalue weighted by molar-refractivity contribution is 6.09. The minimum atomic E-state index is -1.15. The first-order valence-corrected chi connectivity index (χ1v) is 6.42. The van der Waals surface area contributed by atoms with E-state index < -0.39 is 17.2 Å². The molecule has 0 aromatic heterocycles. The Labute approximate surface area is 116 Å². The summed E-state index contributed by atoms with van der Waals surface area (Å²) in [6, 6.07) is 3.41. The number of halogens is 2. The summed E-state index contributed by atoms with van der Waals surface area (Å²) in [4.78, 5) is 16.3. The fourth-order valence-corrected chi connectivity index (χ4v) is 1.92. The smallest absolute Gasteiger partial charge is 0.256 e. The highest BCUT2D eigenvalue weighted by Crippen LogP contribution is 2.25. The summed E-state index contributed by atoms with van der Waals surface area (Å²) in [5.41, 5.74) is -0.798. The zero-order valence-electron chi connectivity index (χ0n) is 11.6. The molecule has 1 fully saturated rings. The Hall–Kier alpha value is -1.98. The van der Waals surface area contributed by atoms with Crippen molar-refractivity contribution in [3.63, 3.8) is 0 Å². The van der Waals surface area contributed by atoms with Crippen molar-refractivity contribution >= 4 is 11.9 Å². The van der Waals surface area contributed by atoms with Crippen LogP contribution in [-0.2, 0) is 10.3 Å². The first-order valence-electron chi connectivity index (χ1n) is 6.42. The average molecular weight is 281 g/mol. The highest BCUT2D eigenvalue weighted by atomic mass is 19.2. The maximum atomic E-state index is 13.3. The fraction of sp³-hybridized carbons (Fsp3) is 0.429. The van der Waals surface area contributed by atoms with Gasteiger partial charge >= 0.3 is 0 Å². The van der Waals surface area contributed by atoms with Crippen LogP contribution < -0.4 is 10.6 Å². The number of nitrogens with one attached hydrogen (secondary N) is 2. The van der Waals surface area contributed by atoms with Crippen molar-refractivity contribution in [2.24, 2.45) is 10.9 Å². The minimum Gasteiger partial charge on any atom is -0.338 e. The third-order valence-corrected chi connectivity index (χ3v) is 3.17. The Morgan fingerprint density at radius 1 is 1.30 bits per heavy atom. The number of hydrogen-bond donors (Lipinski definition) is 2. The number of carbonyl (C=O) groups is 1. The number of rotatable bonds is 3. The molecule has 0 radical (unpaired) electrons. The Bertz CT molecular complexity index is 572. The van der Waals surface area contributed by atoms with Crippen LogP contribution in [-0.4, -0.2) is 18.4 Å². The third-order valence-electron chi connectivity index (χ3n) is 3.17. The van der Waals surface area contributed by atoms with Gasteiger partial charge in [0.25, 0.3) is 5.91 Å². The molecular weight excluding hydrogens is 264 g/mol. The lowest BCUT2D eigenvalue weighted by Gasteiger charge is -2.21. The molecule has 1 saturated heterocycles. The van der Waals surface area contributed by atoms with E-state index in [0.29, 0.717) is 24.0 Å². The van der Waals surface area contributed by atoms with Gasteiger partial charge in [0.1, 0.15) is 5.54 Å².